The maximum absolute atomic E-state index is 12.2. The predicted octanol–water partition coefficient (Wildman–Crippen LogP) is 1.60. The monoisotopic (exact) mass is 453 g/mol. The molecule has 3 aromatic rings. The molecule has 11 heteroatoms. The summed E-state index contributed by atoms with van der Waals surface area (Å²) in [4.78, 5) is 17.6. The van der Waals surface area contributed by atoms with Crippen molar-refractivity contribution in [2.45, 2.75) is 37.8 Å². The van der Waals surface area contributed by atoms with Gasteiger partial charge in [-0.2, -0.15) is 14.6 Å². The normalized spacial score (nSPS) is 18.2. The van der Waals surface area contributed by atoms with Crippen LogP contribution in [-0.4, -0.2) is 63.2 Å². The minimum Gasteiger partial charge on any atom is -0.344 e. The van der Waals surface area contributed by atoms with E-state index in [0.29, 0.717) is 11.6 Å². The fraction of sp³-hybridized carbons (Fsp3) is 0.429. The molecule has 4 heterocycles. The Balaban J connectivity index is 1.48. The number of sulfonamides is 1. The van der Waals surface area contributed by atoms with Crippen molar-refractivity contribution < 1.29 is 13.2 Å². The van der Waals surface area contributed by atoms with Crippen LogP contribution < -0.4 is 4.90 Å². The van der Waals surface area contributed by atoms with Gasteiger partial charge in [0.2, 0.25) is 16.4 Å². The van der Waals surface area contributed by atoms with Gasteiger partial charge in [0.1, 0.15) is 0 Å². The van der Waals surface area contributed by atoms with Crippen molar-refractivity contribution in [3.63, 3.8) is 0 Å². The Hall–Kier alpha value is -3.23. The van der Waals surface area contributed by atoms with Gasteiger partial charge in [0.15, 0.2) is 5.65 Å². The van der Waals surface area contributed by atoms with E-state index in [-0.39, 0.29) is 31.3 Å². The van der Waals surface area contributed by atoms with Crippen LogP contribution in [0, 0.1) is 11.3 Å². The van der Waals surface area contributed by atoms with Crippen LogP contribution in [0.25, 0.3) is 16.9 Å². The lowest BCUT2D eigenvalue weighted by Crippen LogP contribution is -2.63. The molecule has 2 aliphatic rings. The molecule has 0 spiro atoms. The van der Waals surface area contributed by atoms with E-state index in [1.807, 2.05) is 41.2 Å². The van der Waals surface area contributed by atoms with Gasteiger partial charge in [-0.3, -0.25) is 9.69 Å². The zero-order valence-corrected chi connectivity index (χ0v) is 18.4. The minimum absolute atomic E-state index is 0.0435. The van der Waals surface area contributed by atoms with Crippen molar-refractivity contribution in [2.75, 3.05) is 23.7 Å². The molecular formula is C21H23N7O3S. The summed E-state index contributed by atoms with van der Waals surface area (Å²) in [7, 11) is -3.29. The van der Waals surface area contributed by atoms with Crippen LogP contribution >= 0.6 is 0 Å². The average Bonchev–Trinajstić information content (AvgIpc) is 3.30. The smallest absolute Gasteiger partial charge is 0.252 e. The Morgan fingerprint density at radius 2 is 2.09 bits per heavy atom. The van der Waals surface area contributed by atoms with Crippen LogP contribution in [0.2, 0.25) is 0 Å². The molecular weight excluding hydrogens is 430 g/mol. The van der Waals surface area contributed by atoms with E-state index < -0.39 is 15.6 Å². The number of nitriles is 1. The van der Waals surface area contributed by atoms with Crippen LogP contribution in [0.3, 0.4) is 0 Å². The topological polar surface area (TPSA) is 117 Å². The van der Waals surface area contributed by atoms with Gasteiger partial charge in [-0.15, -0.1) is 5.10 Å². The van der Waals surface area contributed by atoms with E-state index in [2.05, 4.69) is 16.2 Å². The number of carbonyl (C=O) groups excluding carboxylic acids is 1. The maximum atomic E-state index is 12.2. The van der Waals surface area contributed by atoms with E-state index in [9.17, 15) is 18.5 Å². The van der Waals surface area contributed by atoms with E-state index in [0.717, 1.165) is 30.5 Å². The van der Waals surface area contributed by atoms with E-state index >= 15 is 0 Å². The molecule has 32 heavy (non-hydrogen) atoms. The summed E-state index contributed by atoms with van der Waals surface area (Å²) in [6.45, 7) is 2.17. The second-order valence-corrected chi connectivity index (χ2v) is 10.6. The predicted molar refractivity (Wildman–Crippen MR) is 117 cm³/mol. The average molecular weight is 454 g/mol. The standard InChI is InChI=1S/C21H23N7O3S/c1-2-32(30,31)26-13-21(14-26,9-10-22)25-11-8-16(12-25)18-4-3-5-19-23-20(24-28(18)19)27(15-29)17-6-7-17/h3-5,8,11-12,15,17H,2,6-7,9,13-14H2,1H3. The second kappa shape index (κ2) is 7.43. The molecule has 10 nitrogen and oxygen atoms in total. The third-order valence-corrected chi connectivity index (χ3v) is 8.05. The molecule has 1 aliphatic heterocycles. The molecule has 1 saturated carbocycles. The highest BCUT2D eigenvalue weighted by molar-refractivity contribution is 7.89. The van der Waals surface area contributed by atoms with Crippen molar-refractivity contribution >= 4 is 28.0 Å². The number of rotatable bonds is 8. The molecule has 166 valence electrons. The van der Waals surface area contributed by atoms with Crippen LogP contribution in [-0.2, 0) is 20.4 Å². The van der Waals surface area contributed by atoms with Gasteiger partial charge in [0.05, 0.1) is 29.5 Å². The van der Waals surface area contributed by atoms with E-state index in [1.165, 1.54) is 4.31 Å². The fourth-order valence-corrected chi connectivity index (χ4v) is 5.46. The quantitative estimate of drug-likeness (QED) is 0.478. The van der Waals surface area contributed by atoms with Gasteiger partial charge in [-0.05, 0) is 38.0 Å². The Bertz CT molecular complexity index is 1330. The lowest BCUT2D eigenvalue weighted by Gasteiger charge is -2.48. The Labute approximate surface area is 185 Å². The highest BCUT2D eigenvalue weighted by Crippen LogP contribution is 2.36. The van der Waals surface area contributed by atoms with E-state index in [1.54, 1.807) is 16.3 Å². The molecule has 1 aliphatic carbocycles. The number of nitrogens with zero attached hydrogens (tertiary/aromatic N) is 7. The minimum atomic E-state index is -3.29. The fourth-order valence-electron chi connectivity index (χ4n) is 4.22. The second-order valence-electron chi connectivity index (χ2n) is 8.37. The summed E-state index contributed by atoms with van der Waals surface area (Å²) in [5, 5.41) is 14.0. The maximum Gasteiger partial charge on any atom is 0.252 e. The number of amides is 1. The largest absolute Gasteiger partial charge is 0.344 e. The first kappa shape index (κ1) is 20.7. The summed E-state index contributed by atoms with van der Waals surface area (Å²) < 4.78 is 29.5. The molecule has 5 rings (SSSR count). The third kappa shape index (κ3) is 3.27. The number of anilines is 1. The van der Waals surface area contributed by atoms with Gasteiger partial charge in [-0.25, -0.2) is 12.9 Å². The van der Waals surface area contributed by atoms with E-state index in [4.69, 9.17) is 0 Å². The van der Waals surface area contributed by atoms with Crippen LogP contribution in [0.1, 0.15) is 26.2 Å². The Kier molecular flexibility index (Phi) is 4.79. The summed E-state index contributed by atoms with van der Waals surface area (Å²) in [5.41, 5.74) is 1.71. The first-order chi connectivity index (χ1) is 15.4. The van der Waals surface area contributed by atoms with Gasteiger partial charge in [-0.1, -0.05) is 6.07 Å². The number of hydrogen-bond acceptors (Lipinski definition) is 6. The van der Waals surface area contributed by atoms with Gasteiger partial charge in [0, 0.05) is 37.1 Å². The van der Waals surface area contributed by atoms with Crippen LogP contribution in [0.5, 0.6) is 0 Å². The van der Waals surface area contributed by atoms with Gasteiger partial charge in [0.25, 0.3) is 5.95 Å². The molecule has 2 fully saturated rings. The van der Waals surface area contributed by atoms with Crippen molar-refractivity contribution in [3.8, 4) is 17.3 Å². The molecule has 0 aromatic carbocycles. The highest BCUT2D eigenvalue weighted by Gasteiger charge is 2.48. The summed E-state index contributed by atoms with van der Waals surface area (Å²) >= 11 is 0. The number of hydrogen-bond donors (Lipinski definition) is 0. The Morgan fingerprint density at radius 3 is 2.75 bits per heavy atom. The number of aromatic nitrogens is 4. The SMILES string of the molecule is CCS(=O)(=O)N1CC(CC#N)(n2ccc(-c3cccc4nc(N(C=O)C5CC5)nn34)c2)C1. The molecule has 0 atom stereocenters. The van der Waals surface area contributed by atoms with Crippen LogP contribution in [0.15, 0.2) is 36.7 Å². The lowest BCUT2D eigenvalue weighted by atomic mass is 9.89. The molecule has 0 N–H and O–H groups in total. The van der Waals surface area contributed by atoms with Gasteiger partial charge >= 0.3 is 0 Å². The third-order valence-electron chi connectivity index (χ3n) is 6.28. The van der Waals surface area contributed by atoms with Crippen molar-refractivity contribution in [1.29, 1.82) is 5.26 Å². The first-order valence-electron chi connectivity index (χ1n) is 10.5. The van der Waals surface area contributed by atoms with Crippen molar-refractivity contribution in [2.24, 2.45) is 0 Å². The van der Waals surface area contributed by atoms with Crippen LogP contribution in [0.4, 0.5) is 5.95 Å². The van der Waals surface area contributed by atoms with Gasteiger partial charge < -0.3 is 4.57 Å². The highest BCUT2D eigenvalue weighted by atomic mass is 32.2. The summed E-state index contributed by atoms with van der Waals surface area (Å²) in [6, 6.07) is 9.93. The van der Waals surface area contributed by atoms with Crippen molar-refractivity contribution in [3.05, 3.63) is 36.7 Å². The zero-order valence-electron chi connectivity index (χ0n) is 17.6. The Morgan fingerprint density at radius 1 is 1.31 bits per heavy atom. The number of carbonyl (C=O) groups is 1. The lowest BCUT2D eigenvalue weighted by molar-refractivity contribution is -0.107. The molecule has 0 unspecified atom stereocenters. The summed E-state index contributed by atoms with van der Waals surface area (Å²) in [5.74, 6) is 0.428. The first-order valence-corrected chi connectivity index (χ1v) is 12.1. The molecule has 3 aromatic heterocycles. The molecule has 0 bridgehead atoms. The number of pyridine rings is 1. The summed E-state index contributed by atoms with van der Waals surface area (Å²) in [6.07, 6.45) is 6.69. The number of fused-ring (bicyclic) bond motifs is 1. The zero-order chi connectivity index (χ0) is 22.5. The molecule has 1 saturated heterocycles. The van der Waals surface area contributed by atoms with Crippen molar-refractivity contribution in [1.82, 2.24) is 23.5 Å². The molecule has 1 amide bonds. The molecule has 0 radical (unpaired) electrons.